The summed E-state index contributed by atoms with van der Waals surface area (Å²) in [6, 6.07) is 9.81. The third kappa shape index (κ3) is 5.13. The molecule has 1 fully saturated rings. The quantitative estimate of drug-likeness (QED) is 0.537. The van der Waals surface area contributed by atoms with Gasteiger partial charge in [0, 0.05) is 23.0 Å². The number of rotatable bonds is 5. The Labute approximate surface area is 179 Å². The molecule has 1 saturated heterocycles. The standard InChI is InChI=1S/C21H20BrF4NO3/c22-16-10-14(9-15(11-16)21(24,25)26)12-30-13-20(17-3-1-2-4-18(17)23)5-7-27(8-6-20)19(28)29/h1-4,9-11H,5-8,12-13H2,(H,28,29). The number of carbonyl (C=O) groups is 1. The highest BCUT2D eigenvalue weighted by Crippen LogP contribution is 2.38. The molecule has 1 heterocycles. The second kappa shape index (κ2) is 8.93. The van der Waals surface area contributed by atoms with Crippen molar-refractivity contribution in [2.24, 2.45) is 0 Å². The van der Waals surface area contributed by atoms with E-state index in [0.717, 1.165) is 12.1 Å². The summed E-state index contributed by atoms with van der Waals surface area (Å²) in [7, 11) is 0. The van der Waals surface area contributed by atoms with E-state index in [1.165, 1.54) is 17.0 Å². The van der Waals surface area contributed by atoms with Gasteiger partial charge in [-0.05, 0) is 48.2 Å². The lowest BCUT2D eigenvalue weighted by Gasteiger charge is -2.41. The van der Waals surface area contributed by atoms with Crippen LogP contribution in [0, 0.1) is 5.82 Å². The van der Waals surface area contributed by atoms with Gasteiger partial charge in [0.2, 0.25) is 0 Å². The van der Waals surface area contributed by atoms with Gasteiger partial charge in [-0.1, -0.05) is 34.1 Å². The van der Waals surface area contributed by atoms with Crippen LogP contribution in [0.2, 0.25) is 0 Å². The molecule has 0 unspecified atom stereocenters. The Morgan fingerprint density at radius 3 is 2.43 bits per heavy atom. The van der Waals surface area contributed by atoms with Crippen molar-refractivity contribution in [3.63, 3.8) is 0 Å². The Morgan fingerprint density at radius 1 is 1.17 bits per heavy atom. The third-order valence-corrected chi connectivity index (χ3v) is 5.83. The van der Waals surface area contributed by atoms with Gasteiger partial charge >= 0.3 is 12.3 Å². The van der Waals surface area contributed by atoms with Crippen LogP contribution in [-0.4, -0.2) is 35.8 Å². The number of carboxylic acid groups (broad SMARTS) is 1. The number of piperidine rings is 1. The van der Waals surface area contributed by atoms with Gasteiger partial charge in [-0.25, -0.2) is 9.18 Å². The highest BCUT2D eigenvalue weighted by Gasteiger charge is 2.39. The van der Waals surface area contributed by atoms with Crippen LogP contribution in [0.1, 0.15) is 29.5 Å². The van der Waals surface area contributed by atoms with Gasteiger partial charge < -0.3 is 14.7 Å². The number of alkyl halides is 3. The minimum absolute atomic E-state index is 0.0647. The molecule has 0 atom stereocenters. The van der Waals surface area contributed by atoms with E-state index >= 15 is 0 Å². The van der Waals surface area contributed by atoms with E-state index in [2.05, 4.69) is 15.9 Å². The summed E-state index contributed by atoms with van der Waals surface area (Å²) in [4.78, 5) is 12.5. The average Bonchev–Trinajstić information content (AvgIpc) is 2.67. The smallest absolute Gasteiger partial charge is 0.416 e. The first-order chi connectivity index (χ1) is 14.1. The molecule has 0 aliphatic carbocycles. The summed E-state index contributed by atoms with van der Waals surface area (Å²) >= 11 is 3.08. The maximum absolute atomic E-state index is 14.5. The summed E-state index contributed by atoms with van der Waals surface area (Å²) in [5.41, 5.74) is -0.770. The molecule has 1 amide bonds. The lowest BCUT2D eigenvalue weighted by atomic mass is 9.73. The second-order valence-electron chi connectivity index (χ2n) is 7.37. The lowest BCUT2D eigenvalue weighted by molar-refractivity contribution is -0.137. The van der Waals surface area contributed by atoms with Crippen LogP contribution in [0.3, 0.4) is 0 Å². The Bertz CT molecular complexity index is 911. The summed E-state index contributed by atoms with van der Waals surface area (Å²) < 4.78 is 59.7. The lowest BCUT2D eigenvalue weighted by Crippen LogP contribution is -2.47. The first-order valence-electron chi connectivity index (χ1n) is 9.28. The third-order valence-electron chi connectivity index (χ3n) is 5.37. The minimum Gasteiger partial charge on any atom is -0.465 e. The molecule has 0 spiro atoms. The summed E-state index contributed by atoms with van der Waals surface area (Å²) in [6.07, 6.45) is -4.80. The monoisotopic (exact) mass is 489 g/mol. The number of amides is 1. The topological polar surface area (TPSA) is 49.8 Å². The zero-order valence-corrected chi connectivity index (χ0v) is 17.5. The number of benzene rings is 2. The van der Waals surface area contributed by atoms with Gasteiger partial charge in [0.1, 0.15) is 5.82 Å². The van der Waals surface area contributed by atoms with Gasteiger partial charge in [0.25, 0.3) is 0 Å². The molecule has 2 aromatic carbocycles. The van der Waals surface area contributed by atoms with Gasteiger partial charge in [-0.3, -0.25) is 0 Å². The number of ether oxygens (including phenoxy) is 1. The minimum atomic E-state index is -4.48. The van der Waals surface area contributed by atoms with Crippen molar-refractivity contribution >= 4 is 22.0 Å². The van der Waals surface area contributed by atoms with Crippen molar-refractivity contribution in [1.29, 1.82) is 0 Å². The molecule has 0 saturated carbocycles. The van der Waals surface area contributed by atoms with E-state index in [1.54, 1.807) is 18.2 Å². The summed E-state index contributed by atoms with van der Waals surface area (Å²) in [5, 5.41) is 9.20. The van der Waals surface area contributed by atoms with E-state index in [4.69, 9.17) is 4.74 Å². The van der Waals surface area contributed by atoms with Crippen molar-refractivity contribution < 1.29 is 32.2 Å². The van der Waals surface area contributed by atoms with Crippen LogP contribution in [0.25, 0.3) is 0 Å². The zero-order valence-electron chi connectivity index (χ0n) is 15.9. The fourth-order valence-electron chi connectivity index (χ4n) is 3.77. The van der Waals surface area contributed by atoms with Crippen LogP contribution in [-0.2, 0) is 22.9 Å². The van der Waals surface area contributed by atoms with Crippen molar-refractivity contribution in [2.45, 2.75) is 31.0 Å². The second-order valence-corrected chi connectivity index (χ2v) is 8.28. The molecule has 9 heteroatoms. The number of hydrogen-bond donors (Lipinski definition) is 1. The van der Waals surface area contributed by atoms with Crippen molar-refractivity contribution in [3.8, 4) is 0 Å². The molecule has 1 aliphatic heterocycles. The predicted molar refractivity (Wildman–Crippen MR) is 106 cm³/mol. The van der Waals surface area contributed by atoms with Gasteiger partial charge in [-0.2, -0.15) is 13.2 Å². The van der Waals surface area contributed by atoms with Gasteiger partial charge in [0.05, 0.1) is 18.8 Å². The molecule has 0 radical (unpaired) electrons. The number of hydrogen-bond acceptors (Lipinski definition) is 2. The Hall–Kier alpha value is -2.13. The van der Waals surface area contributed by atoms with Crippen molar-refractivity contribution in [3.05, 3.63) is 69.4 Å². The largest absolute Gasteiger partial charge is 0.465 e. The van der Waals surface area contributed by atoms with E-state index in [0.29, 0.717) is 24.0 Å². The number of halogens is 5. The molecule has 162 valence electrons. The number of nitrogens with zero attached hydrogens (tertiary/aromatic N) is 1. The Balaban J connectivity index is 1.78. The SMILES string of the molecule is O=C(O)N1CCC(COCc2cc(Br)cc(C(F)(F)F)c2)(c2ccccc2F)CC1. The first kappa shape index (κ1) is 22.6. The first-order valence-corrected chi connectivity index (χ1v) is 10.1. The van der Waals surface area contributed by atoms with E-state index in [1.807, 2.05) is 0 Å². The van der Waals surface area contributed by atoms with Crippen molar-refractivity contribution in [1.82, 2.24) is 4.90 Å². The highest BCUT2D eigenvalue weighted by atomic mass is 79.9. The Morgan fingerprint density at radius 2 is 1.83 bits per heavy atom. The summed E-state index contributed by atoms with van der Waals surface area (Å²) in [5.74, 6) is -0.410. The van der Waals surface area contributed by atoms with Crippen LogP contribution >= 0.6 is 15.9 Å². The Kier molecular flexibility index (Phi) is 6.71. The van der Waals surface area contributed by atoms with E-state index < -0.39 is 29.1 Å². The molecule has 2 aromatic rings. The van der Waals surface area contributed by atoms with Crippen LogP contribution in [0.5, 0.6) is 0 Å². The van der Waals surface area contributed by atoms with Crippen molar-refractivity contribution in [2.75, 3.05) is 19.7 Å². The van der Waals surface area contributed by atoms with Crippen LogP contribution in [0.4, 0.5) is 22.4 Å². The van der Waals surface area contributed by atoms with E-state index in [-0.39, 0.29) is 30.8 Å². The molecule has 4 nitrogen and oxygen atoms in total. The predicted octanol–water partition coefficient (Wildman–Crippen LogP) is 5.84. The molecule has 1 N–H and O–H groups in total. The fraction of sp³-hybridized carbons (Fsp3) is 0.381. The fourth-order valence-corrected chi connectivity index (χ4v) is 4.31. The number of likely N-dealkylation sites (tertiary alicyclic amines) is 1. The zero-order chi connectivity index (χ0) is 21.9. The molecule has 30 heavy (non-hydrogen) atoms. The molecule has 0 bridgehead atoms. The van der Waals surface area contributed by atoms with Crippen LogP contribution < -0.4 is 0 Å². The highest BCUT2D eigenvalue weighted by molar-refractivity contribution is 9.10. The maximum Gasteiger partial charge on any atom is 0.416 e. The normalized spacial score (nSPS) is 16.5. The maximum atomic E-state index is 14.5. The van der Waals surface area contributed by atoms with E-state index in [9.17, 15) is 27.5 Å². The van der Waals surface area contributed by atoms with Crippen LogP contribution in [0.15, 0.2) is 46.9 Å². The molecule has 1 aliphatic rings. The molecule has 0 aromatic heterocycles. The molecular weight excluding hydrogens is 470 g/mol. The molecular formula is C21H20BrF4NO3. The molecule has 3 rings (SSSR count). The van der Waals surface area contributed by atoms with Gasteiger partial charge in [-0.15, -0.1) is 0 Å². The van der Waals surface area contributed by atoms with Gasteiger partial charge in [0.15, 0.2) is 0 Å². The average molecular weight is 490 g/mol. The summed E-state index contributed by atoms with van der Waals surface area (Å²) in [6.45, 7) is 0.431.